The number of aryl methyl sites for hydroxylation is 2. The van der Waals surface area contributed by atoms with E-state index in [1.165, 1.54) is 10.8 Å². The molecule has 4 nitrogen and oxygen atoms in total. The van der Waals surface area contributed by atoms with Crippen molar-refractivity contribution in [2.75, 3.05) is 6.54 Å². The number of benzene rings is 3. The minimum Gasteiger partial charge on any atom is -0.354 e. The van der Waals surface area contributed by atoms with Gasteiger partial charge in [-0.3, -0.25) is 9.59 Å². The number of nitrogens with one attached hydrogen (secondary N) is 1. The molecule has 0 aliphatic heterocycles. The van der Waals surface area contributed by atoms with Crippen LogP contribution in [0.25, 0.3) is 10.8 Å². The first-order valence-corrected chi connectivity index (χ1v) is 12.0. The third-order valence-corrected chi connectivity index (χ3v) is 6.16. The van der Waals surface area contributed by atoms with Gasteiger partial charge in [0.15, 0.2) is 0 Å². The molecule has 174 valence electrons. The number of carbonyl (C=O) groups is 2. The Hall–Kier alpha value is -3.14. The molecule has 3 aromatic carbocycles. The fourth-order valence-corrected chi connectivity index (χ4v) is 4.21. The maximum absolute atomic E-state index is 13.6. The van der Waals surface area contributed by atoms with Gasteiger partial charge in [-0.2, -0.15) is 0 Å². The molecule has 0 aromatic heterocycles. The van der Waals surface area contributed by atoms with E-state index in [0.717, 1.165) is 16.7 Å². The van der Waals surface area contributed by atoms with Crippen LogP contribution in [-0.2, 0) is 22.6 Å². The highest BCUT2D eigenvalue weighted by atomic mass is 16.2. The molecule has 0 spiro atoms. The molecular formula is C29H36N2O2. The number of hydrogen-bond donors (Lipinski definition) is 1. The SMILES string of the molecule is CC[C@@H](C(=O)NCC(C)C)N(Cc1ccccc1C)C(=O)CCc1cccc2ccccc12. The highest BCUT2D eigenvalue weighted by Crippen LogP contribution is 2.22. The summed E-state index contributed by atoms with van der Waals surface area (Å²) in [5.74, 6) is 0.300. The molecule has 0 bridgehead atoms. The van der Waals surface area contributed by atoms with E-state index < -0.39 is 6.04 Å². The Bertz CT molecular complexity index is 1080. The summed E-state index contributed by atoms with van der Waals surface area (Å²) >= 11 is 0. The first-order chi connectivity index (χ1) is 15.9. The summed E-state index contributed by atoms with van der Waals surface area (Å²) in [5, 5.41) is 5.39. The molecule has 0 heterocycles. The van der Waals surface area contributed by atoms with E-state index in [-0.39, 0.29) is 11.8 Å². The first-order valence-electron chi connectivity index (χ1n) is 12.0. The quantitative estimate of drug-likeness (QED) is 0.439. The van der Waals surface area contributed by atoms with Crippen molar-refractivity contribution < 1.29 is 9.59 Å². The third kappa shape index (κ3) is 6.44. The van der Waals surface area contributed by atoms with Gasteiger partial charge >= 0.3 is 0 Å². The molecule has 0 radical (unpaired) electrons. The lowest BCUT2D eigenvalue weighted by molar-refractivity contribution is -0.141. The Morgan fingerprint density at radius 2 is 1.58 bits per heavy atom. The number of amides is 2. The van der Waals surface area contributed by atoms with Crippen LogP contribution in [0, 0.1) is 12.8 Å². The maximum atomic E-state index is 13.6. The van der Waals surface area contributed by atoms with Crippen LogP contribution in [0.15, 0.2) is 66.7 Å². The van der Waals surface area contributed by atoms with E-state index in [1.807, 2.05) is 56.3 Å². The summed E-state index contributed by atoms with van der Waals surface area (Å²) in [4.78, 5) is 28.4. The minimum atomic E-state index is -0.483. The lowest BCUT2D eigenvalue weighted by atomic mass is 10.00. The first kappa shape index (κ1) is 24.5. The Balaban J connectivity index is 1.83. The topological polar surface area (TPSA) is 49.4 Å². The summed E-state index contributed by atoms with van der Waals surface area (Å²) in [6, 6.07) is 22.1. The molecule has 3 aromatic rings. The predicted molar refractivity (Wildman–Crippen MR) is 136 cm³/mol. The molecule has 0 saturated carbocycles. The molecule has 0 saturated heterocycles. The van der Waals surface area contributed by atoms with E-state index in [9.17, 15) is 9.59 Å². The van der Waals surface area contributed by atoms with E-state index in [0.29, 0.717) is 38.3 Å². The van der Waals surface area contributed by atoms with Crippen LogP contribution in [0.2, 0.25) is 0 Å². The number of fused-ring (bicyclic) bond motifs is 1. The summed E-state index contributed by atoms with van der Waals surface area (Å²) in [5.41, 5.74) is 3.36. The van der Waals surface area contributed by atoms with Gasteiger partial charge in [-0.15, -0.1) is 0 Å². The van der Waals surface area contributed by atoms with E-state index in [1.54, 1.807) is 4.90 Å². The second-order valence-corrected chi connectivity index (χ2v) is 9.15. The molecule has 0 fully saturated rings. The summed E-state index contributed by atoms with van der Waals surface area (Å²) in [6.07, 6.45) is 1.60. The van der Waals surface area contributed by atoms with E-state index in [4.69, 9.17) is 0 Å². The number of nitrogens with zero attached hydrogens (tertiary/aromatic N) is 1. The molecule has 33 heavy (non-hydrogen) atoms. The Morgan fingerprint density at radius 3 is 2.30 bits per heavy atom. The van der Waals surface area contributed by atoms with Crippen LogP contribution in [0.1, 0.15) is 50.3 Å². The third-order valence-electron chi connectivity index (χ3n) is 6.16. The fourth-order valence-electron chi connectivity index (χ4n) is 4.21. The van der Waals surface area contributed by atoms with Gasteiger partial charge in [-0.1, -0.05) is 87.5 Å². The summed E-state index contributed by atoms with van der Waals surface area (Å²) in [6.45, 7) is 9.21. The Morgan fingerprint density at radius 1 is 0.909 bits per heavy atom. The molecular weight excluding hydrogens is 408 g/mol. The zero-order valence-corrected chi connectivity index (χ0v) is 20.3. The van der Waals surface area contributed by atoms with Crippen LogP contribution in [-0.4, -0.2) is 29.3 Å². The van der Waals surface area contributed by atoms with E-state index >= 15 is 0 Å². The second kappa shape index (κ2) is 11.6. The molecule has 1 N–H and O–H groups in total. The standard InChI is InChI=1S/C29H36N2O2/c1-5-27(29(33)30-19-21(2)3)31(20-25-13-7-6-11-22(25)4)28(32)18-17-24-15-10-14-23-12-8-9-16-26(23)24/h6-16,21,27H,5,17-20H2,1-4H3,(H,30,33)/t27-/m0/s1. The maximum Gasteiger partial charge on any atom is 0.242 e. The molecule has 2 amide bonds. The van der Waals surface area contributed by atoms with Crippen LogP contribution in [0.3, 0.4) is 0 Å². The van der Waals surface area contributed by atoms with Crippen molar-refractivity contribution in [3.8, 4) is 0 Å². The predicted octanol–water partition coefficient (Wildman–Crippen LogP) is 5.66. The molecule has 0 aliphatic carbocycles. The van der Waals surface area contributed by atoms with Crippen LogP contribution in [0.4, 0.5) is 0 Å². The lowest BCUT2D eigenvalue weighted by Crippen LogP contribution is -2.49. The van der Waals surface area contributed by atoms with Gasteiger partial charge in [0.1, 0.15) is 6.04 Å². The van der Waals surface area contributed by atoms with Gasteiger partial charge < -0.3 is 10.2 Å². The molecule has 0 unspecified atom stereocenters. The summed E-state index contributed by atoms with van der Waals surface area (Å²) < 4.78 is 0. The van der Waals surface area contributed by atoms with Crippen LogP contribution < -0.4 is 5.32 Å². The van der Waals surface area contributed by atoms with Crippen LogP contribution in [0.5, 0.6) is 0 Å². The molecule has 4 heteroatoms. The zero-order valence-electron chi connectivity index (χ0n) is 20.3. The highest BCUT2D eigenvalue weighted by Gasteiger charge is 2.28. The number of rotatable bonds is 10. The summed E-state index contributed by atoms with van der Waals surface area (Å²) in [7, 11) is 0. The molecule has 0 aliphatic rings. The van der Waals surface area contributed by atoms with Crippen molar-refractivity contribution in [1.29, 1.82) is 0 Å². The fraction of sp³-hybridized carbons (Fsp3) is 0.379. The lowest BCUT2D eigenvalue weighted by Gasteiger charge is -2.31. The average molecular weight is 445 g/mol. The Labute approximate surface area is 198 Å². The average Bonchev–Trinajstić information content (AvgIpc) is 2.82. The largest absolute Gasteiger partial charge is 0.354 e. The van der Waals surface area contributed by atoms with Gasteiger partial charge in [0, 0.05) is 19.5 Å². The normalized spacial score (nSPS) is 12.0. The van der Waals surface area contributed by atoms with Crippen molar-refractivity contribution >= 4 is 22.6 Å². The highest BCUT2D eigenvalue weighted by molar-refractivity contribution is 5.89. The van der Waals surface area contributed by atoms with Gasteiger partial charge in [-0.05, 0) is 53.1 Å². The van der Waals surface area contributed by atoms with E-state index in [2.05, 4.69) is 43.4 Å². The van der Waals surface area contributed by atoms with Gasteiger partial charge in [0.05, 0.1) is 0 Å². The monoisotopic (exact) mass is 444 g/mol. The van der Waals surface area contributed by atoms with Crippen molar-refractivity contribution in [3.63, 3.8) is 0 Å². The Kier molecular flexibility index (Phi) is 8.65. The van der Waals surface area contributed by atoms with Gasteiger partial charge in [-0.25, -0.2) is 0 Å². The molecule has 3 rings (SSSR count). The smallest absolute Gasteiger partial charge is 0.242 e. The van der Waals surface area contributed by atoms with Crippen molar-refractivity contribution in [3.05, 3.63) is 83.4 Å². The van der Waals surface area contributed by atoms with Gasteiger partial charge in [0.2, 0.25) is 11.8 Å². The minimum absolute atomic E-state index is 0.0118. The zero-order chi connectivity index (χ0) is 23.8. The van der Waals surface area contributed by atoms with Crippen molar-refractivity contribution in [2.24, 2.45) is 5.92 Å². The second-order valence-electron chi connectivity index (χ2n) is 9.15. The van der Waals surface area contributed by atoms with Crippen molar-refractivity contribution in [1.82, 2.24) is 10.2 Å². The number of hydrogen-bond acceptors (Lipinski definition) is 2. The van der Waals surface area contributed by atoms with Crippen LogP contribution >= 0.6 is 0 Å². The number of carbonyl (C=O) groups excluding carboxylic acids is 2. The van der Waals surface area contributed by atoms with Crippen molar-refractivity contribution in [2.45, 2.75) is 59.5 Å². The van der Waals surface area contributed by atoms with Gasteiger partial charge in [0.25, 0.3) is 0 Å². The molecule has 1 atom stereocenters.